The molecule has 29 heavy (non-hydrogen) atoms. The van der Waals surface area contributed by atoms with E-state index in [9.17, 15) is 4.39 Å². The van der Waals surface area contributed by atoms with Gasteiger partial charge in [0.25, 0.3) is 0 Å². The summed E-state index contributed by atoms with van der Waals surface area (Å²) < 4.78 is 15.3. The molecule has 0 radical (unpaired) electrons. The number of nitrogens with zero attached hydrogens (tertiary/aromatic N) is 6. The van der Waals surface area contributed by atoms with E-state index >= 15 is 0 Å². The zero-order valence-electron chi connectivity index (χ0n) is 16.2. The van der Waals surface area contributed by atoms with Gasteiger partial charge in [-0.05, 0) is 55.6 Å². The largest absolute Gasteiger partial charge is 0.353 e. The second kappa shape index (κ2) is 7.25. The molecule has 4 aromatic rings. The first-order chi connectivity index (χ1) is 14.2. The Kier molecular flexibility index (Phi) is 4.44. The minimum atomic E-state index is -0.271. The molecule has 1 aliphatic rings. The maximum absolute atomic E-state index is 13.5. The zero-order valence-corrected chi connectivity index (χ0v) is 16.2. The van der Waals surface area contributed by atoms with Gasteiger partial charge >= 0.3 is 0 Å². The van der Waals surface area contributed by atoms with Crippen LogP contribution in [0.2, 0.25) is 0 Å². The molecule has 1 aliphatic heterocycles. The number of likely N-dealkylation sites (N-methyl/N-ethyl adjacent to an activating group) is 1. The molecule has 4 heterocycles. The number of pyridine rings is 1. The van der Waals surface area contributed by atoms with E-state index in [0.29, 0.717) is 0 Å². The highest BCUT2D eigenvalue weighted by atomic mass is 19.1. The van der Waals surface area contributed by atoms with Crippen LogP contribution in [0.3, 0.4) is 0 Å². The van der Waals surface area contributed by atoms with Gasteiger partial charge in [0.15, 0.2) is 5.65 Å². The van der Waals surface area contributed by atoms with Crippen molar-refractivity contribution in [2.45, 2.75) is 0 Å². The molecule has 0 saturated carbocycles. The van der Waals surface area contributed by atoms with Crippen LogP contribution >= 0.6 is 0 Å². The number of anilines is 1. The van der Waals surface area contributed by atoms with Gasteiger partial charge in [-0.2, -0.15) is 0 Å². The van der Waals surface area contributed by atoms with Gasteiger partial charge in [-0.1, -0.05) is 6.07 Å². The van der Waals surface area contributed by atoms with Crippen LogP contribution in [-0.2, 0) is 0 Å². The van der Waals surface area contributed by atoms with Crippen LogP contribution in [0, 0.1) is 5.82 Å². The maximum atomic E-state index is 13.5. The van der Waals surface area contributed by atoms with Crippen molar-refractivity contribution in [2.75, 3.05) is 38.1 Å². The van der Waals surface area contributed by atoms with Gasteiger partial charge in [0.2, 0.25) is 0 Å². The minimum Gasteiger partial charge on any atom is -0.353 e. The Bertz CT molecular complexity index is 1130. The Morgan fingerprint density at radius 1 is 0.897 bits per heavy atom. The van der Waals surface area contributed by atoms with Gasteiger partial charge in [0, 0.05) is 37.9 Å². The Balaban J connectivity index is 1.68. The third-order valence-electron chi connectivity index (χ3n) is 5.32. The maximum Gasteiger partial charge on any atom is 0.155 e. The molecule has 146 valence electrons. The molecule has 0 N–H and O–H groups in total. The van der Waals surface area contributed by atoms with Gasteiger partial charge in [-0.15, -0.1) is 5.10 Å². The van der Waals surface area contributed by atoms with Crippen molar-refractivity contribution in [3.63, 3.8) is 0 Å². The summed E-state index contributed by atoms with van der Waals surface area (Å²) in [4.78, 5) is 13.9. The monoisotopic (exact) mass is 388 g/mol. The number of hydrogen-bond acceptors (Lipinski definition) is 5. The lowest BCUT2D eigenvalue weighted by Crippen LogP contribution is -2.44. The van der Waals surface area contributed by atoms with Gasteiger partial charge in [0.1, 0.15) is 23.0 Å². The highest BCUT2D eigenvalue weighted by Gasteiger charge is 2.21. The van der Waals surface area contributed by atoms with Crippen molar-refractivity contribution in [3.05, 3.63) is 66.6 Å². The van der Waals surface area contributed by atoms with Gasteiger partial charge < -0.3 is 9.80 Å². The van der Waals surface area contributed by atoms with Crippen LogP contribution in [0.25, 0.3) is 28.3 Å². The summed E-state index contributed by atoms with van der Waals surface area (Å²) in [5.41, 5.74) is 3.90. The molecule has 5 rings (SSSR count). The highest BCUT2D eigenvalue weighted by Crippen LogP contribution is 2.32. The van der Waals surface area contributed by atoms with Crippen LogP contribution in [0.4, 0.5) is 10.2 Å². The Hall–Kier alpha value is -3.32. The Labute approximate surface area is 168 Å². The van der Waals surface area contributed by atoms with E-state index in [1.807, 2.05) is 34.8 Å². The number of benzene rings is 1. The zero-order chi connectivity index (χ0) is 19.8. The summed E-state index contributed by atoms with van der Waals surface area (Å²) in [6.45, 7) is 3.90. The van der Waals surface area contributed by atoms with Crippen molar-refractivity contribution < 1.29 is 4.39 Å². The summed E-state index contributed by atoms with van der Waals surface area (Å²) in [6.07, 6.45) is 1.76. The van der Waals surface area contributed by atoms with Crippen molar-refractivity contribution in [2.24, 2.45) is 0 Å². The normalized spacial score (nSPS) is 15.2. The molecule has 1 fully saturated rings. The van der Waals surface area contributed by atoms with E-state index in [4.69, 9.17) is 10.1 Å². The number of fused-ring (bicyclic) bond motifs is 1. The van der Waals surface area contributed by atoms with E-state index < -0.39 is 0 Å². The van der Waals surface area contributed by atoms with Crippen LogP contribution in [0.1, 0.15) is 0 Å². The van der Waals surface area contributed by atoms with E-state index in [0.717, 1.165) is 60.3 Å². The lowest BCUT2D eigenvalue weighted by Gasteiger charge is -2.33. The number of halogens is 1. The molecular weight excluding hydrogens is 367 g/mol. The second-order valence-electron chi connectivity index (χ2n) is 7.28. The number of rotatable bonds is 3. The topological polar surface area (TPSA) is 49.6 Å². The lowest BCUT2D eigenvalue weighted by atomic mass is 10.1. The molecule has 6 nitrogen and oxygen atoms in total. The fourth-order valence-electron chi connectivity index (χ4n) is 3.67. The molecule has 0 unspecified atom stereocenters. The van der Waals surface area contributed by atoms with E-state index in [2.05, 4.69) is 21.8 Å². The molecule has 1 aromatic carbocycles. The number of imidazole rings is 1. The molecule has 0 amide bonds. The predicted octanol–water partition coefficient (Wildman–Crippen LogP) is 3.35. The first kappa shape index (κ1) is 17.8. The molecule has 0 aliphatic carbocycles. The quantitative estimate of drug-likeness (QED) is 0.539. The fourth-order valence-corrected chi connectivity index (χ4v) is 3.67. The standard InChI is InChI=1S/C22H21FN6/c1-27-12-14-28(15-13-27)20-10-9-19-25-21(16-5-7-17(23)8-6-16)22(29(19)26-20)18-4-2-3-11-24-18/h2-11H,12-15H2,1H3. The average molecular weight is 388 g/mol. The van der Waals surface area contributed by atoms with E-state index in [1.165, 1.54) is 12.1 Å². The summed E-state index contributed by atoms with van der Waals surface area (Å²) in [7, 11) is 2.14. The fraction of sp³-hybridized carbons (Fsp3) is 0.227. The third-order valence-corrected chi connectivity index (χ3v) is 5.32. The van der Waals surface area contributed by atoms with Crippen LogP contribution in [0.15, 0.2) is 60.8 Å². The second-order valence-corrected chi connectivity index (χ2v) is 7.28. The molecule has 3 aromatic heterocycles. The van der Waals surface area contributed by atoms with E-state index in [-0.39, 0.29) is 5.82 Å². The molecule has 7 heteroatoms. The van der Waals surface area contributed by atoms with Crippen LogP contribution in [-0.4, -0.2) is 57.7 Å². The van der Waals surface area contributed by atoms with E-state index in [1.54, 1.807) is 18.3 Å². The number of hydrogen-bond donors (Lipinski definition) is 0. The lowest BCUT2D eigenvalue weighted by molar-refractivity contribution is 0.311. The summed E-state index contributed by atoms with van der Waals surface area (Å²) in [5.74, 6) is 0.651. The van der Waals surface area contributed by atoms with Crippen molar-refractivity contribution in [3.8, 4) is 22.6 Å². The average Bonchev–Trinajstić information content (AvgIpc) is 3.14. The first-order valence-corrected chi connectivity index (χ1v) is 9.70. The SMILES string of the molecule is CN1CCN(c2ccc3nc(-c4ccc(F)cc4)c(-c4ccccn4)n3n2)CC1. The third kappa shape index (κ3) is 3.34. The smallest absolute Gasteiger partial charge is 0.155 e. The van der Waals surface area contributed by atoms with Gasteiger partial charge in [0.05, 0.1) is 5.69 Å². The number of aromatic nitrogens is 4. The van der Waals surface area contributed by atoms with Crippen LogP contribution < -0.4 is 4.90 Å². The van der Waals surface area contributed by atoms with Crippen molar-refractivity contribution in [1.29, 1.82) is 0 Å². The number of piperazine rings is 1. The molecule has 1 saturated heterocycles. The van der Waals surface area contributed by atoms with Gasteiger partial charge in [-0.25, -0.2) is 13.9 Å². The van der Waals surface area contributed by atoms with Crippen molar-refractivity contribution in [1.82, 2.24) is 24.5 Å². The summed E-state index contributed by atoms with van der Waals surface area (Å²) in [5, 5.41) is 4.91. The predicted molar refractivity (Wildman–Crippen MR) is 111 cm³/mol. The molecular formula is C22H21FN6. The first-order valence-electron chi connectivity index (χ1n) is 9.70. The molecule has 0 spiro atoms. The Morgan fingerprint density at radius 2 is 1.69 bits per heavy atom. The Morgan fingerprint density at radius 3 is 2.41 bits per heavy atom. The summed E-state index contributed by atoms with van der Waals surface area (Å²) in [6, 6.07) is 16.2. The summed E-state index contributed by atoms with van der Waals surface area (Å²) >= 11 is 0. The molecule has 0 bridgehead atoms. The van der Waals surface area contributed by atoms with Crippen LogP contribution in [0.5, 0.6) is 0 Å². The van der Waals surface area contributed by atoms with Gasteiger partial charge in [-0.3, -0.25) is 4.98 Å². The highest BCUT2D eigenvalue weighted by molar-refractivity contribution is 5.80. The minimum absolute atomic E-state index is 0.271. The molecule has 0 atom stereocenters. The van der Waals surface area contributed by atoms with Crippen molar-refractivity contribution >= 4 is 11.5 Å².